The van der Waals surface area contributed by atoms with Crippen LogP contribution in [0, 0.1) is 11.7 Å². The SMILES string of the molecule is Nc1n[nH]c(CC2CCCCC2)c1F. The molecule has 0 saturated heterocycles. The van der Waals surface area contributed by atoms with Crippen LogP contribution in [0.15, 0.2) is 0 Å². The molecule has 0 aromatic carbocycles. The Bertz CT molecular complexity index is 302. The standard InChI is InChI=1S/C10H16FN3/c11-9-8(13-14-10(9)12)6-7-4-2-1-3-5-7/h7H,1-6H2,(H3,12,13,14). The largest absolute Gasteiger partial charge is 0.380 e. The van der Waals surface area contributed by atoms with Gasteiger partial charge in [0.1, 0.15) is 0 Å². The minimum atomic E-state index is -0.351. The van der Waals surface area contributed by atoms with Crippen molar-refractivity contribution in [3.8, 4) is 0 Å². The van der Waals surface area contributed by atoms with Crippen LogP contribution in [0.4, 0.5) is 10.2 Å². The molecule has 1 aromatic rings. The number of hydrogen-bond acceptors (Lipinski definition) is 2. The minimum absolute atomic E-state index is 0.00388. The van der Waals surface area contributed by atoms with E-state index in [1.165, 1.54) is 32.1 Å². The number of rotatable bonds is 2. The van der Waals surface area contributed by atoms with Crippen molar-refractivity contribution in [2.45, 2.75) is 38.5 Å². The summed E-state index contributed by atoms with van der Waals surface area (Å²) in [5.41, 5.74) is 5.91. The van der Waals surface area contributed by atoms with Crippen molar-refractivity contribution in [3.05, 3.63) is 11.5 Å². The van der Waals surface area contributed by atoms with E-state index in [0.717, 1.165) is 6.42 Å². The first-order valence-electron chi connectivity index (χ1n) is 5.25. The lowest BCUT2D eigenvalue weighted by molar-refractivity contribution is 0.350. The van der Waals surface area contributed by atoms with Crippen LogP contribution < -0.4 is 5.73 Å². The van der Waals surface area contributed by atoms with Gasteiger partial charge in [-0.1, -0.05) is 32.1 Å². The number of anilines is 1. The molecule has 1 aromatic heterocycles. The molecule has 3 N–H and O–H groups in total. The second kappa shape index (κ2) is 3.98. The molecule has 3 nitrogen and oxygen atoms in total. The third kappa shape index (κ3) is 1.89. The first-order valence-corrected chi connectivity index (χ1v) is 5.25. The number of aromatic amines is 1. The molecule has 0 unspecified atom stereocenters. The Labute approximate surface area is 82.9 Å². The Hall–Kier alpha value is -1.06. The van der Waals surface area contributed by atoms with Crippen LogP contribution in [-0.2, 0) is 6.42 Å². The molecule has 4 heteroatoms. The highest BCUT2D eigenvalue weighted by molar-refractivity contribution is 5.31. The molecule has 0 atom stereocenters. The summed E-state index contributed by atoms with van der Waals surface area (Å²) in [6.07, 6.45) is 7.04. The molecule has 1 aliphatic carbocycles. The molecule has 78 valence electrons. The van der Waals surface area contributed by atoms with E-state index in [0.29, 0.717) is 11.6 Å². The lowest BCUT2D eigenvalue weighted by Gasteiger charge is -2.20. The Morgan fingerprint density at radius 3 is 2.64 bits per heavy atom. The van der Waals surface area contributed by atoms with Crippen molar-refractivity contribution in [2.24, 2.45) is 5.92 Å². The van der Waals surface area contributed by atoms with Crippen LogP contribution in [0.1, 0.15) is 37.8 Å². The number of hydrogen-bond donors (Lipinski definition) is 2. The van der Waals surface area contributed by atoms with Gasteiger partial charge in [-0.15, -0.1) is 0 Å². The van der Waals surface area contributed by atoms with Gasteiger partial charge in [-0.3, -0.25) is 5.10 Å². The van der Waals surface area contributed by atoms with Gasteiger partial charge in [0.2, 0.25) is 0 Å². The molecular formula is C10H16FN3. The van der Waals surface area contributed by atoms with Gasteiger partial charge in [-0.2, -0.15) is 5.10 Å². The van der Waals surface area contributed by atoms with Crippen molar-refractivity contribution in [1.29, 1.82) is 0 Å². The molecule has 1 saturated carbocycles. The Morgan fingerprint density at radius 1 is 1.36 bits per heavy atom. The predicted octanol–water partition coefficient (Wildman–Crippen LogP) is 2.25. The summed E-state index contributed by atoms with van der Waals surface area (Å²) < 4.78 is 13.3. The van der Waals surface area contributed by atoms with E-state index in [-0.39, 0.29) is 11.6 Å². The first-order chi connectivity index (χ1) is 6.77. The molecule has 1 fully saturated rings. The van der Waals surface area contributed by atoms with Crippen molar-refractivity contribution >= 4 is 5.82 Å². The molecule has 0 radical (unpaired) electrons. The van der Waals surface area contributed by atoms with Crippen molar-refractivity contribution < 1.29 is 4.39 Å². The van der Waals surface area contributed by atoms with E-state index in [1.54, 1.807) is 0 Å². The van der Waals surface area contributed by atoms with E-state index < -0.39 is 0 Å². The van der Waals surface area contributed by atoms with Gasteiger partial charge < -0.3 is 5.73 Å². The average Bonchev–Trinajstić information content (AvgIpc) is 2.52. The Morgan fingerprint density at radius 2 is 2.07 bits per heavy atom. The summed E-state index contributed by atoms with van der Waals surface area (Å²) in [5, 5.41) is 6.33. The van der Waals surface area contributed by atoms with Crippen molar-refractivity contribution in [3.63, 3.8) is 0 Å². The third-order valence-electron chi connectivity index (χ3n) is 3.02. The third-order valence-corrected chi connectivity index (χ3v) is 3.02. The van der Waals surface area contributed by atoms with Gasteiger partial charge in [-0.05, 0) is 12.3 Å². The van der Waals surface area contributed by atoms with Gasteiger partial charge in [0.05, 0.1) is 5.69 Å². The Kier molecular flexibility index (Phi) is 2.70. The van der Waals surface area contributed by atoms with Crippen LogP contribution in [0.2, 0.25) is 0 Å². The van der Waals surface area contributed by atoms with E-state index >= 15 is 0 Å². The van der Waals surface area contributed by atoms with Gasteiger partial charge >= 0.3 is 0 Å². The molecule has 1 heterocycles. The fourth-order valence-corrected chi connectivity index (χ4v) is 2.20. The van der Waals surface area contributed by atoms with Crippen LogP contribution >= 0.6 is 0 Å². The second-order valence-corrected chi connectivity index (χ2v) is 4.11. The lowest BCUT2D eigenvalue weighted by atomic mass is 9.86. The number of nitrogens with zero attached hydrogens (tertiary/aromatic N) is 1. The predicted molar refractivity (Wildman–Crippen MR) is 53.2 cm³/mol. The second-order valence-electron chi connectivity index (χ2n) is 4.11. The van der Waals surface area contributed by atoms with E-state index in [1.807, 2.05) is 0 Å². The normalized spacial score (nSPS) is 18.6. The zero-order valence-corrected chi connectivity index (χ0v) is 8.22. The number of nitrogens with one attached hydrogen (secondary N) is 1. The number of halogens is 1. The van der Waals surface area contributed by atoms with Gasteiger partial charge in [0.25, 0.3) is 0 Å². The molecule has 0 bridgehead atoms. The van der Waals surface area contributed by atoms with Crippen LogP contribution in [-0.4, -0.2) is 10.2 Å². The fraction of sp³-hybridized carbons (Fsp3) is 0.700. The number of nitrogen functional groups attached to an aromatic ring is 1. The molecule has 2 rings (SSSR count). The summed E-state index contributed by atoms with van der Waals surface area (Å²) in [4.78, 5) is 0. The van der Waals surface area contributed by atoms with Gasteiger partial charge in [0, 0.05) is 0 Å². The zero-order chi connectivity index (χ0) is 9.97. The summed E-state index contributed by atoms with van der Waals surface area (Å²) in [6, 6.07) is 0. The maximum absolute atomic E-state index is 13.3. The van der Waals surface area contributed by atoms with Crippen molar-refractivity contribution in [2.75, 3.05) is 5.73 Å². The Balaban J connectivity index is 1.99. The van der Waals surface area contributed by atoms with Gasteiger partial charge in [-0.25, -0.2) is 4.39 Å². The molecule has 1 aliphatic rings. The summed E-state index contributed by atoms with van der Waals surface area (Å²) >= 11 is 0. The van der Waals surface area contributed by atoms with E-state index in [4.69, 9.17) is 5.73 Å². The highest BCUT2D eigenvalue weighted by atomic mass is 19.1. The number of aromatic nitrogens is 2. The topological polar surface area (TPSA) is 54.7 Å². The van der Waals surface area contributed by atoms with Crippen LogP contribution in [0.5, 0.6) is 0 Å². The molecule has 0 spiro atoms. The van der Waals surface area contributed by atoms with Gasteiger partial charge in [0.15, 0.2) is 11.6 Å². The molecule has 0 amide bonds. The first kappa shape index (κ1) is 9.49. The summed E-state index contributed by atoms with van der Waals surface area (Å²) in [7, 11) is 0. The quantitative estimate of drug-likeness (QED) is 0.764. The number of nitrogens with two attached hydrogens (primary N) is 1. The van der Waals surface area contributed by atoms with Crippen LogP contribution in [0.3, 0.4) is 0 Å². The molecule has 0 aliphatic heterocycles. The zero-order valence-electron chi connectivity index (χ0n) is 8.22. The molecular weight excluding hydrogens is 181 g/mol. The summed E-state index contributed by atoms with van der Waals surface area (Å²) in [5.74, 6) is 0.254. The summed E-state index contributed by atoms with van der Waals surface area (Å²) in [6.45, 7) is 0. The fourth-order valence-electron chi connectivity index (χ4n) is 2.20. The molecule has 14 heavy (non-hydrogen) atoms. The number of H-pyrrole nitrogens is 1. The monoisotopic (exact) mass is 197 g/mol. The highest BCUT2D eigenvalue weighted by Crippen LogP contribution is 2.27. The lowest BCUT2D eigenvalue weighted by Crippen LogP contribution is -2.10. The maximum atomic E-state index is 13.3. The van der Waals surface area contributed by atoms with Crippen molar-refractivity contribution in [1.82, 2.24) is 10.2 Å². The average molecular weight is 197 g/mol. The maximum Gasteiger partial charge on any atom is 0.187 e. The van der Waals surface area contributed by atoms with Crippen LogP contribution in [0.25, 0.3) is 0 Å². The smallest absolute Gasteiger partial charge is 0.187 e. The minimum Gasteiger partial charge on any atom is -0.380 e. The van der Waals surface area contributed by atoms with E-state index in [2.05, 4.69) is 10.2 Å². The van der Waals surface area contributed by atoms with E-state index in [9.17, 15) is 4.39 Å². The highest BCUT2D eigenvalue weighted by Gasteiger charge is 2.18.